The molecule has 0 saturated heterocycles. The number of pyridine rings is 1. The van der Waals surface area contributed by atoms with Gasteiger partial charge in [-0.1, -0.05) is 27.5 Å². The highest BCUT2D eigenvalue weighted by Crippen LogP contribution is 2.38. The molecule has 0 saturated carbocycles. The Hall–Kier alpha value is -0.890. The number of primary amides is 1. The Morgan fingerprint density at radius 1 is 1.40 bits per heavy atom. The molecule has 0 aliphatic rings. The quantitative estimate of drug-likeness (QED) is 0.740. The first-order valence-corrected chi connectivity index (χ1v) is 7.48. The van der Waals surface area contributed by atoms with Crippen LogP contribution in [0.4, 0.5) is 0 Å². The number of nitrogens with zero attached hydrogens (tertiary/aromatic N) is 1. The van der Waals surface area contributed by atoms with E-state index >= 15 is 0 Å². The van der Waals surface area contributed by atoms with Crippen LogP contribution in [0.25, 0.3) is 10.9 Å². The lowest BCUT2D eigenvalue weighted by Crippen LogP contribution is -2.41. The maximum atomic E-state index is 10.9. The summed E-state index contributed by atoms with van der Waals surface area (Å²) in [5, 5.41) is 1.17. The molecule has 5 nitrogen and oxygen atoms in total. The number of benzene rings is 1. The van der Waals surface area contributed by atoms with Crippen LogP contribution in [0.1, 0.15) is 0 Å². The Bertz CT molecular complexity index is 681. The number of hydrogen-bond donors (Lipinski definition) is 2. The van der Waals surface area contributed by atoms with Crippen LogP contribution in [0.2, 0.25) is 5.15 Å². The Kier molecular flexibility index (Phi) is 4.85. The molecule has 8 heteroatoms. The van der Waals surface area contributed by atoms with Crippen molar-refractivity contribution in [2.75, 3.05) is 6.61 Å². The normalized spacial score (nSPS) is 12.4. The summed E-state index contributed by atoms with van der Waals surface area (Å²) in [4.78, 5) is 15.2. The minimum Gasteiger partial charge on any atom is -0.488 e. The molecule has 0 fully saturated rings. The van der Waals surface area contributed by atoms with E-state index in [1.807, 2.05) is 12.1 Å². The molecule has 1 unspecified atom stereocenters. The van der Waals surface area contributed by atoms with E-state index in [4.69, 9.17) is 27.8 Å². The number of amides is 1. The van der Waals surface area contributed by atoms with Crippen LogP contribution in [0.15, 0.2) is 27.1 Å². The zero-order valence-corrected chi connectivity index (χ0v) is 14.0. The maximum Gasteiger partial charge on any atom is 0.237 e. The van der Waals surface area contributed by atoms with E-state index in [0.717, 1.165) is 9.86 Å². The fourth-order valence-electron chi connectivity index (χ4n) is 1.56. The lowest BCUT2D eigenvalue weighted by atomic mass is 10.2. The van der Waals surface area contributed by atoms with Crippen LogP contribution in [0.5, 0.6) is 5.75 Å². The minimum absolute atomic E-state index is 0.0428. The maximum absolute atomic E-state index is 10.9. The van der Waals surface area contributed by atoms with Gasteiger partial charge in [-0.15, -0.1) is 0 Å². The molecule has 0 bridgehead atoms. The van der Waals surface area contributed by atoms with Crippen LogP contribution < -0.4 is 16.2 Å². The number of nitrogens with two attached hydrogens (primary N) is 2. The third kappa shape index (κ3) is 3.22. The number of rotatable bonds is 4. The number of halogens is 3. The highest BCUT2D eigenvalue weighted by molar-refractivity contribution is 9.11. The average molecular weight is 423 g/mol. The van der Waals surface area contributed by atoms with Gasteiger partial charge in [-0.25, -0.2) is 4.98 Å². The van der Waals surface area contributed by atoms with Crippen LogP contribution in [-0.2, 0) is 4.79 Å². The van der Waals surface area contributed by atoms with Crippen molar-refractivity contribution < 1.29 is 9.53 Å². The van der Waals surface area contributed by atoms with E-state index in [9.17, 15) is 4.79 Å². The van der Waals surface area contributed by atoms with Crippen molar-refractivity contribution >= 4 is 60.3 Å². The Morgan fingerprint density at radius 2 is 2.10 bits per heavy atom. The van der Waals surface area contributed by atoms with Gasteiger partial charge in [0.1, 0.15) is 23.3 Å². The molecule has 0 aliphatic carbocycles. The number of aromatic nitrogens is 1. The lowest BCUT2D eigenvalue weighted by molar-refractivity contribution is -0.119. The fourth-order valence-corrected chi connectivity index (χ4v) is 3.10. The first kappa shape index (κ1) is 15.5. The van der Waals surface area contributed by atoms with Crippen molar-refractivity contribution in [3.05, 3.63) is 32.3 Å². The van der Waals surface area contributed by atoms with Crippen LogP contribution in [-0.4, -0.2) is 23.5 Å². The predicted molar refractivity (Wildman–Crippen MR) is 84.8 cm³/mol. The highest BCUT2D eigenvalue weighted by Gasteiger charge is 2.16. The molecule has 2 rings (SSSR count). The lowest BCUT2D eigenvalue weighted by Gasteiger charge is -2.14. The molecule has 2 aromatic rings. The monoisotopic (exact) mass is 421 g/mol. The average Bonchev–Trinajstić information content (AvgIpc) is 2.37. The van der Waals surface area contributed by atoms with Gasteiger partial charge in [-0.2, -0.15) is 0 Å². The third-order valence-electron chi connectivity index (χ3n) is 2.58. The molecule has 0 aliphatic heterocycles. The SMILES string of the molecule is NC(=O)C(N)COc1c(Br)cc(Br)c2ccc(Cl)nc12. The van der Waals surface area contributed by atoms with Gasteiger partial charge in [0, 0.05) is 9.86 Å². The van der Waals surface area contributed by atoms with Crippen LogP contribution >= 0.6 is 43.5 Å². The summed E-state index contributed by atoms with van der Waals surface area (Å²) in [6, 6.07) is 4.44. The first-order chi connectivity index (χ1) is 9.40. The molecule has 1 heterocycles. The van der Waals surface area contributed by atoms with E-state index in [-0.39, 0.29) is 6.61 Å². The Balaban J connectivity index is 2.46. The molecule has 0 radical (unpaired) electrons. The number of carbonyl (C=O) groups excluding carboxylic acids is 1. The van der Waals surface area contributed by atoms with Crippen LogP contribution in [0, 0.1) is 0 Å². The van der Waals surface area contributed by atoms with Gasteiger partial charge in [0.05, 0.1) is 4.47 Å². The van der Waals surface area contributed by atoms with Crippen molar-refractivity contribution in [3.63, 3.8) is 0 Å². The fraction of sp³-hybridized carbons (Fsp3) is 0.167. The molecule has 4 N–H and O–H groups in total. The summed E-state index contributed by atoms with van der Waals surface area (Å²) in [5.41, 5.74) is 11.2. The second-order valence-electron chi connectivity index (χ2n) is 4.02. The van der Waals surface area contributed by atoms with E-state index < -0.39 is 11.9 Å². The molecule has 20 heavy (non-hydrogen) atoms. The van der Waals surface area contributed by atoms with E-state index in [1.54, 1.807) is 6.07 Å². The Labute approximate surface area is 136 Å². The largest absolute Gasteiger partial charge is 0.488 e. The summed E-state index contributed by atoms with van der Waals surface area (Å²) in [5.74, 6) is -0.170. The number of ether oxygens (including phenoxy) is 1. The zero-order valence-electron chi connectivity index (χ0n) is 10.1. The van der Waals surface area contributed by atoms with Gasteiger partial charge < -0.3 is 16.2 Å². The second-order valence-corrected chi connectivity index (χ2v) is 6.12. The zero-order chi connectivity index (χ0) is 14.9. The van der Waals surface area contributed by atoms with Crippen molar-refractivity contribution in [2.45, 2.75) is 6.04 Å². The smallest absolute Gasteiger partial charge is 0.237 e. The number of hydrogen-bond acceptors (Lipinski definition) is 4. The van der Waals surface area contributed by atoms with E-state index in [2.05, 4.69) is 36.8 Å². The molecular weight excluding hydrogens is 413 g/mol. The summed E-state index contributed by atoms with van der Waals surface area (Å²) in [6.07, 6.45) is 0. The Morgan fingerprint density at radius 3 is 2.75 bits per heavy atom. The van der Waals surface area contributed by atoms with Crippen molar-refractivity contribution in [3.8, 4) is 5.75 Å². The highest BCUT2D eigenvalue weighted by atomic mass is 79.9. The molecule has 1 amide bonds. The summed E-state index contributed by atoms with van der Waals surface area (Å²) >= 11 is 12.7. The topological polar surface area (TPSA) is 91.2 Å². The van der Waals surface area contributed by atoms with Gasteiger partial charge >= 0.3 is 0 Å². The van der Waals surface area contributed by atoms with Crippen molar-refractivity contribution in [2.24, 2.45) is 11.5 Å². The third-order valence-corrected chi connectivity index (χ3v) is 4.03. The van der Waals surface area contributed by atoms with Gasteiger partial charge in [-0.05, 0) is 34.1 Å². The van der Waals surface area contributed by atoms with Crippen molar-refractivity contribution in [1.82, 2.24) is 4.98 Å². The molecule has 1 aromatic carbocycles. The molecule has 0 spiro atoms. The summed E-state index contributed by atoms with van der Waals surface area (Å²) in [7, 11) is 0. The molecule has 1 atom stereocenters. The van der Waals surface area contributed by atoms with Crippen LogP contribution in [0.3, 0.4) is 0 Å². The van der Waals surface area contributed by atoms with Gasteiger partial charge in [0.2, 0.25) is 5.91 Å². The predicted octanol–water partition coefficient (Wildman–Crippen LogP) is 2.60. The summed E-state index contributed by atoms with van der Waals surface area (Å²) in [6.45, 7) is -0.0428. The van der Waals surface area contributed by atoms with E-state index in [0.29, 0.717) is 20.9 Å². The van der Waals surface area contributed by atoms with Gasteiger partial charge in [0.15, 0.2) is 5.75 Å². The molecule has 106 valence electrons. The van der Waals surface area contributed by atoms with Gasteiger partial charge in [0.25, 0.3) is 0 Å². The standard InChI is InChI=1S/C12H10Br2ClN3O2/c13-6-3-7(14)11(20-4-8(16)12(17)19)10-5(6)1-2-9(15)18-10/h1-3,8H,4,16H2,(H2,17,19). The summed E-state index contributed by atoms with van der Waals surface area (Å²) < 4.78 is 7.08. The second kappa shape index (κ2) is 6.26. The van der Waals surface area contributed by atoms with E-state index in [1.165, 1.54) is 0 Å². The van der Waals surface area contributed by atoms with Crippen molar-refractivity contribution in [1.29, 1.82) is 0 Å². The minimum atomic E-state index is -0.889. The number of fused-ring (bicyclic) bond motifs is 1. The molecular formula is C12H10Br2ClN3O2. The van der Waals surface area contributed by atoms with Gasteiger partial charge in [-0.3, -0.25) is 4.79 Å². The number of carbonyl (C=O) groups is 1. The first-order valence-electron chi connectivity index (χ1n) is 5.52. The molecule has 1 aromatic heterocycles.